The first-order chi connectivity index (χ1) is 14.3. The first kappa shape index (κ1) is 21.9. The fourth-order valence-corrected chi connectivity index (χ4v) is 4.37. The molecule has 156 valence electrons. The zero-order valence-electron chi connectivity index (χ0n) is 16.7. The van der Waals surface area contributed by atoms with Gasteiger partial charge in [-0.25, -0.2) is 8.42 Å². The monoisotopic (exact) mass is 442 g/mol. The van der Waals surface area contributed by atoms with Gasteiger partial charge in [0.15, 0.2) is 0 Å². The van der Waals surface area contributed by atoms with Crippen molar-refractivity contribution in [1.82, 2.24) is 5.32 Å². The molecular formula is C23H23ClN2O3S. The molecule has 0 bridgehead atoms. The number of hydrogen-bond donors (Lipinski definition) is 2. The molecule has 0 unspecified atom stereocenters. The van der Waals surface area contributed by atoms with Crippen LogP contribution < -0.4 is 10.0 Å². The van der Waals surface area contributed by atoms with Gasteiger partial charge in [-0.15, -0.1) is 0 Å². The lowest BCUT2D eigenvalue weighted by atomic mass is 10.0. The van der Waals surface area contributed by atoms with Crippen LogP contribution in [0.3, 0.4) is 0 Å². The average molecular weight is 443 g/mol. The Morgan fingerprint density at radius 1 is 1.00 bits per heavy atom. The van der Waals surface area contributed by atoms with E-state index in [0.717, 1.165) is 17.5 Å². The average Bonchev–Trinajstić information content (AvgIpc) is 2.73. The van der Waals surface area contributed by atoms with Crippen LogP contribution in [0.25, 0.3) is 0 Å². The second-order valence-corrected chi connectivity index (χ2v) is 9.05. The van der Waals surface area contributed by atoms with E-state index in [1.54, 1.807) is 18.2 Å². The normalized spacial score (nSPS) is 12.2. The largest absolute Gasteiger partial charge is 0.345 e. The minimum atomic E-state index is -3.73. The minimum Gasteiger partial charge on any atom is -0.345 e. The lowest BCUT2D eigenvalue weighted by molar-refractivity contribution is 0.0935. The summed E-state index contributed by atoms with van der Waals surface area (Å²) in [4.78, 5) is 12.9. The number of carbonyl (C=O) groups excluding carboxylic acids is 1. The summed E-state index contributed by atoms with van der Waals surface area (Å²) in [7, 11) is -3.73. The molecule has 3 aromatic carbocycles. The van der Waals surface area contributed by atoms with Gasteiger partial charge < -0.3 is 5.32 Å². The molecule has 0 fully saturated rings. The van der Waals surface area contributed by atoms with Crippen LogP contribution in [0.4, 0.5) is 5.69 Å². The molecule has 0 radical (unpaired) electrons. The van der Waals surface area contributed by atoms with Gasteiger partial charge >= 0.3 is 0 Å². The second kappa shape index (κ2) is 9.32. The van der Waals surface area contributed by atoms with E-state index in [1.165, 1.54) is 30.3 Å². The summed E-state index contributed by atoms with van der Waals surface area (Å²) in [5, 5.41) is 3.16. The number of benzene rings is 3. The van der Waals surface area contributed by atoms with Crippen molar-refractivity contribution in [3.8, 4) is 0 Å². The maximum absolute atomic E-state index is 12.8. The molecule has 0 heterocycles. The topological polar surface area (TPSA) is 75.3 Å². The number of amides is 1. The number of halogens is 1. The van der Waals surface area contributed by atoms with Crippen LogP contribution in [-0.4, -0.2) is 14.3 Å². The van der Waals surface area contributed by atoms with Crippen LogP contribution in [0.15, 0.2) is 77.7 Å². The SMILES string of the molecule is CC[C@H](NC(=O)c1ccc(NS(=O)(=O)c2ccccc2)cc1Cl)c1ccc(C)cc1. The zero-order chi connectivity index (χ0) is 21.7. The summed E-state index contributed by atoms with van der Waals surface area (Å²) in [6.45, 7) is 4.00. The zero-order valence-corrected chi connectivity index (χ0v) is 18.3. The summed E-state index contributed by atoms with van der Waals surface area (Å²) in [6.07, 6.45) is 0.724. The molecular weight excluding hydrogens is 420 g/mol. The van der Waals surface area contributed by atoms with E-state index in [9.17, 15) is 13.2 Å². The first-order valence-electron chi connectivity index (χ1n) is 9.55. The predicted molar refractivity (Wildman–Crippen MR) is 120 cm³/mol. The summed E-state index contributed by atoms with van der Waals surface area (Å²) in [6, 6.07) is 20.4. The molecule has 0 aliphatic carbocycles. The molecule has 3 aromatic rings. The Balaban J connectivity index is 1.76. The van der Waals surface area contributed by atoms with Crippen LogP contribution in [0, 0.1) is 6.92 Å². The maximum Gasteiger partial charge on any atom is 0.261 e. The second-order valence-electron chi connectivity index (χ2n) is 6.96. The van der Waals surface area contributed by atoms with E-state index in [4.69, 9.17) is 11.6 Å². The van der Waals surface area contributed by atoms with E-state index < -0.39 is 10.0 Å². The maximum atomic E-state index is 12.8. The number of nitrogens with one attached hydrogen (secondary N) is 2. The van der Waals surface area contributed by atoms with Gasteiger partial charge in [0.1, 0.15) is 0 Å². The highest BCUT2D eigenvalue weighted by Gasteiger charge is 2.18. The highest BCUT2D eigenvalue weighted by molar-refractivity contribution is 7.92. The van der Waals surface area contributed by atoms with Crippen LogP contribution in [0.5, 0.6) is 0 Å². The van der Waals surface area contributed by atoms with Crippen molar-refractivity contribution in [2.24, 2.45) is 0 Å². The summed E-state index contributed by atoms with van der Waals surface area (Å²) < 4.78 is 27.4. The third kappa shape index (κ3) is 5.20. The number of sulfonamides is 1. The van der Waals surface area contributed by atoms with Gasteiger partial charge in [0.25, 0.3) is 15.9 Å². The molecule has 7 heteroatoms. The first-order valence-corrected chi connectivity index (χ1v) is 11.4. The van der Waals surface area contributed by atoms with Crippen molar-refractivity contribution in [2.45, 2.75) is 31.2 Å². The molecule has 1 atom stereocenters. The summed E-state index contributed by atoms with van der Waals surface area (Å²) >= 11 is 6.30. The van der Waals surface area contributed by atoms with Crippen molar-refractivity contribution >= 4 is 33.2 Å². The van der Waals surface area contributed by atoms with E-state index in [-0.39, 0.29) is 33.1 Å². The molecule has 0 aromatic heterocycles. The van der Waals surface area contributed by atoms with Gasteiger partial charge in [0, 0.05) is 0 Å². The Kier molecular flexibility index (Phi) is 6.80. The predicted octanol–water partition coefficient (Wildman–Crippen LogP) is 5.33. The lowest BCUT2D eigenvalue weighted by Crippen LogP contribution is -2.28. The molecule has 0 aliphatic heterocycles. The van der Waals surface area contributed by atoms with E-state index >= 15 is 0 Å². The molecule has 0 saturated heterocycles. The quantitative estimate of drug-likeness (QED) is 0.519. The van der Waals surface area contributed by atoms with Crippen LogP contribution >= 0.6 is 11.6 Å². The number of carbonyl (C=O) groups is 1. The van der Waals surface area contributed by atoms with Crippen LogP contribution in [-0.2, 0) is 10.0 Å². The fraction of sp³-hybridized carbons (Fsp3) is 0.174. The minimum absolute atomic E-state index is 0.145. The van der Waals surface area contributed by atoms with Crippen molar-refractivity contribution in [2.75, 3.05) is 4.72 Å². The Morgan fingerprint density at radius 3 is 2.27 bits per heavy atom. The third-order valence-corrected chi connectivity index (χ3v) is 6.42. The Hall–Kier alpha value is -2.83. The van der Waals surface area contributed by atoms with Crippen LogP contribution in [0.1, 0.15) is 40.9 Å². The molecule has 2 N–H and O–H groups in total. The van der Waals surface area contributed by atoms with E-state index in [1.807, 2.05) is 38.1 Å². The third-order valence-electron chi connectivity index (χ3n) is 4.71. The Bertz CT molecular complexity index is 1130. The summed E-state index contributed by atoms with van der Waals surface area (Å²) in [5.41, 5.74) is 2.73. The number of hydrogen-bond acceptors (Lipinski definition) is 3. The highest BCUT2D eigenvalue weighted by Crippen LogP contribution is 2.25. The van der Waals surface area contributed by atoms with Crippen molar-refractivity contribution in [3.63, 3.8) is 0 Å². The van der Waals surface area contributed by atoms with Gasteiger partial charge in [0.05, 0.1) is 27.2 Å². The lowest BCUT2D eigenvalue weighted by Gasteiger charge is -2.18. The molecule has 0 aliphatic rings. The molecule has 3 rings (SSSR count). The van der Waals surface area contributed by atoms with E-state index in [0.29, 0.717) is 0 Å². The van der Waals surface area contributed by atoms with Gasteiger partial charge in [-0.05, 0) is 49.2 Å². The van der Waals surface area contributed by atoms with Gasteiger partial charge in [-0.2, -0.15) is 0 Å². The highest BCUT2D eigenvalue weighted by atomic mass is 35.5. The summed E-state index contributed by atoms with van der Waals surface area (Å²) in [5.74, 6) is -0.315. The van der Waals surface area contributed by atoms with Gasteiger partial charge in [-0.3, -0.25) is 9.52 Å². The Labute approximate surface area is 182 Å². The van der Waals surface area contributed by atoms with E-state index in [2.05, 4.69) is 10.0 Å². The number of aryl methyl sites for hydroxylation is 1. The molecule has 0 spiro atoms. The van der Waals surface area contributed by atoms with Crippen LogP contribution in [0.2, 0.25) is 5.02 Å². The molecule has 1 amide bonds. The smallest absolute Gasteiger partial charge is 0.261 e. The molecule has 5 nitrogen and oxygen atoms in total. The molecule has 0 saturated carbocycles. The Morgan fingerprint density at radius 2 is 1.67 bits per heavy atom. The van der Waals surface area contributed by atoms with Crippen molar-refractivity contribution < 1.29 is 13.2 Å². The van der Waals surface area contributed by atoms with Crippen molar-refractivity contribution in [1.29, 1.82) is 0 Å². The number of anilines is 1. The van der Waals surface area contributed by atoms with Gasteiger partial charge in [-0.1, -0.05) is 66.6 Å². The van der Waals surface area contributed by atoms with Crippen molar-refractivity contribution in [3.05, 3.63) is 94.5 Å². The number of rotatable bonds is 7. The standard InChI is InChI=1S/C23H23ClN2O3S/c1-3-22(17-11-9-16(2)10-12-17)25-23(27)20-14-13-18(15-21(20)24)26-30(28,29)19-7-5-4-6-8-19/h4-15,22,26H,3H2,1-2H3,(H,25,27)/t22-/m0/s1. The van der Waals surface area contributed by atoms with Gasteiger partial charge in [0.2, 0.25) is 0 Å². The molecule has 30 heavy (non-hydrogen) atoms. The fourth-order valence-electron chi connectivity index (χ4n) is 3.03.